The molecule has 0 aliphatic rings. The van der Waals surface area contributed by atoms with E-state index in [0.29, 0.717) is 17.5 Å². The van der Waals surface area contributed by atoms with E-state index < -0.39 is 0 Å². The van der Waals surface area contributed by atoms with Gasteiger partial charge in [0, 0.05) is 33.0 Å². The molecule has 0 saturated carbocycles. The summed E-state index contributed by atoms with van der Waals surface area (Å²) in [7, 11) is 0. The first-order valence-corrected chi connectivity index (χ1v) is 18.5. The summed E-state index contributed by atoms with van der Waals surface area (Å²) in [4.78, 5) is 15.7. The lowest BCUT2D eigenvalue weighted by Gasteiger charge is -2.14. The van der Waals surface area contributed by atoms with Crippen molar-refractivity contribution in [1.82, 2.24) is 15.0 Å². The number of fused-ring (bicyclic) bond motifs is 7. The number of furan rings is 1. The molecule has 4 nitrogen and oxygen atoms in total. The molecule has 11 rings (SSSR count). The van der Waals surface area contributed by atoms with Crippen molar-refractivity contribution in [3.8, 4) is 56.4 Å². The quantitative estimate of drug-likeness (QED) is 0.168. The van der Waals surface area contributed by atoms with E-state index in [0.717, 1.165) is 82.4 Å². The third kappa shape index (κ3) is 5.19. The van der Waals surface area contributed by atoms with E-state index in [4.69, 9.17) is 19.4 Å². The van der Waals surface area contributed by atoms with Crippen LogP contribution in [0.5, 0.6) is 0 Å². The van der Waals surface area contributed by atoms with Crippen LogP contribution in [0.2, 0.25) is 0 Å². The highest BCUT2D eigenvalue weighted by Crippen LogP contribution is 2.43. The number of nitrogens with zero attached hydrogens (tertiary/aromatic N) is 3. The smallest absolute Gasteiger partial charge is 0.164 e. The maximum atomic E-state index is 6.69. The number of hydrogen-bond donors (Lipinski definition) is 0. The zero-order chi connectivity index (χ0) is 36.3. The van der Waals surface area contributed by atoms with Crippen molar-refractivity contribution in [2.45, 2.75) is 0 Å². The van der Waals surface area contributed by atoms with E-state index in [2.05, 4.69) is 164 Å². The molecule has 0 saturated heterocycles. The number of benzene rings is 9. The van der Waals surface area contributed by atoms with Gasteiger partial charge >= 0.3 is 0 Å². The maximum Gasteiger partial charge on any atom is 0.164 e. The molecular weight excluding hydrogens is 671 g/mol. The summed E-state index contributed by atoms with van der Waals surface area (Å²) >= 11 is 0. The van der Waals surface area contributed by atoms with E-state index in [9.17, 15) is 0 Å². The van der Waals surface area contributed by atoms with Gasteiger partial charge in [-0.05, 0) is 73.3 Å². The SMILES string of the molecule is c1ccc(-c2nc(-c3cc(-c4cccc5oc6c(-c7ccccc7)cccc6c45)c4ccccc4c3)nc(-c3cc4ccccc4c4ccccc34)n2)cc1. The lowest BCUT2D eigenvalue weighted by atomic mass is 9.92. The minimum absolute atomic E-state index is 0.615. The van der Waals surface area contributed by atoms with Gasteiger partial charge in [0.1, 0.15) is 11.2 Å². The van der Waals surface area contributed by atoms with Crippen LogP contribution in [0.1, 0.15) is 0 Å². The molecule has 0 aliphatic carbocycles. The first kappa shape index (κ1) is 31.1. The Morgan fingerprint density at radius 2 is 0.873 bits per heavy atom. The summed E-state index contributed by atoms with van der Waals surface area (Å²) in [5.74, 6) is 1.88. The van der Waals surface area contributed by atoms with Crippen LogP contribution < -0.4 is 0 Å². The molecule has 0 radical (unpaired) electrons. The van der Waals surface area contributed by atoms with Crippen LogP contribution >= 0.6 is 0 Å². The molecule has 55 heavy (non-hydrogen) atoms. The topological polar surface area (TPSA) is 51.8 Å². The van der Waals surface area contributed by atoms with Gasteiger partial charge in [-0.3, -0.25) is 0 Å². The summed E-state index contributed by atoms with van der Waals surface area (Å²) in [5, 5.41) is 9.03. The second kappa shape index (κ2) is 12.6. The summed E-state index contributed by atoms with van der Waals surface area (Å²) < 4.78 is 6.69. The molecule has 256 valence electrons. The van der Waals surface area contributed by atoms with E-state index in [1.54, 1.807) is 0 Å². The zero-order valence-electron chi connectivity index (χ0n) is 29.6. The van der Waals surface area contributed by atoms with Crippen molar-refractivity contribution in [3.63, 3.8) is 0 Å². The third-order valence-corrected chi connectivity index (χ3v) is 10.7. The van der Waals surface area contributed by atoms with Crippen molar-refractivity contribution in [2.24, 2.45) is 0 Å². The summed E-state index contributed by atoms with van der Waals surface area (Å²) in [6.45, 7) is 0. The Morgan fingerprint density at radius 3 is 1.65 bits per heavy atom. The molecule has 2 aromatic heterocycles. The molecule has 0 bridgehead atoms. The van der Waals surface area contributed by atoms with Crippen LogP contribution in [0.25, 0.3) is 111 Å². The first-order valence-electron chi connectivity index (χ1n) is 18.5. The number of rotatable bonds is 5. The Morgan fingerprint density at radius 1 is 0.309 bits per heavy atom. The van der Waals surface area contributed by atoms with Crippen molar-refractivity contribution >= 4 is 54.3 Å². The van der Waals surface area contributed by atoms with Gasteiger partial charge in [-0.1, -0.05) is 164 Å². The zero-order valence-corrected chi connectivity index (χ0v) is 29.6. The fourth-order valence-corrected chi connectivity index (χ4v) is 8.16. The Hall–Kier alpha value is -7.43. The molecule has 9 aromatic carbocycles. The number of hydrogen-bond acceptors (Lipinski definition) is 4. The van der Waals surface area contributed by atoms with Gasteiger partial charge in [-0.2, -0.15) is 0 Å². The fourth-order valence-electron chi connectivity index (χ4n) is 8.16. The van der Waals surface area contributed by atoms with Crippen LogP contribution in [0, 0.1) is 0 Å². The van der Waals surface area contributed by atoms with Gasteiger partial charge < -0.3 is 4.42 Å². The molecule has 4 heteroatoms. The summed E-state index contributed by atoms with van der Waals surface area (Å²) in [5.41, 5.74) is 8.93. The average Bonchev–Trinajstić information content (AvgIpc) is 3.66. The lowest BCUT2D eigenvalue weighted by Crippen LogP contribution is -2.01. The Balaban J connectivity index is 1.17. The normalized spacial score (nSPS) is 11.6. The fraction of sp³-hybridized carbons (Fsp3) is 0. The molecule has 0 unspecified atom stereocenters. The van der Waals surface area contributed by atoms with E-state index in [1.807, 2.05) is 24.3 Å². The van der Waals surface area contributed by atoms with Crippen LogP contribution in [-0.4, -0.2) is 15.0 Å². The van der Waals surface area contributed by atoms with Crippen LogP contribution in [0.3, 0.4) is 0 Å². The Kier molecular flexibility index (Phi) is 7.14. The van der Waals surface area contributed by atoms with Crippen LogP contribution in [0.15, 0.2) is 192 Å². The largest absolute Gasteiger partial charge is 0.455 e. The second-order valence-corrected chi connectivity index (χ2v) is 13.9. The molecule has 0 atom stereocenters. The highest BCUT2D eigenvalue weighted by atomic mass is 16.3. The van der Waals surface area contributed by atoms with Gasteiger partial charge in [-0.25, -0.2) is 15.0 Å². The lowest BCUT2D eigenvalue weighted by molar-refractivity contribution is 0.670. The summed E-state index contributed by atoms with van der Waals surface area (Å²) in [6.07, 6.45) is 0. The highest BCUT2D eigenvalue weighted by Gasteiger charge is 2.20. The van der Waals surface area contributed by atoms with E-state index in [-0.39, 0.29) is 0 Å². The Labute approximate surface area is 317 Å². The van der Waals surface area contributed by atoms with Crippen molar-refractivity contribution in [2.75, 3.05) is 0 Å². The molecular formula is C51H31N3O. The molecule has 0 amide bonds. The van der Waals surface area contributed by atoms with E-state index >= 15 is 0 Å². The van der Waals surface area contributed by atoms with Crippen LogP contribution in [0.4, 0.5) is 0 Å². The molecule has 11 aromatic rings. The Bertz CT molecular complexity index is 3260. The highest BCUT2D eigenvalue weighted by molar-refractivity contribution is 6.18. The van der Waals surface area contributed by atoms with E-state index in [1.165, 1.54) is 10.8 Å². The monoisotopic (exact) mass is 701 g/mol. The molecule has 0 aliphatic heterocycles. The van der Waals surface area contributed by atoms with Gasteiger partial charge in [0.2, 0.25) is 0 Å². The molecule has 0 N–H and O–H groups in total. The van der Waals surface area contributed by atoms with Gasteiger partial charge in [0.25, 0.3) is 0 Å². The third-order valence-electron chi connectivity index (χ3n) is 10.7. The standard InChI is InChI=1S/C51H31N3O/c1-3-15-32(16-4-1)39-25-13-27-43-47-42(26-14-28-46(47)55-48(39)43)44-31-36(29-34-19-7-10-22-38(34)44)50-52-49(33-17-5-2-6-18-33)53-51(54-50)45-30-35-20-8-9-21-37(35)40-23-11-12-24-41(40)45/h1-31H. The molecule has 0 fully saturated rings. The van der Waals surface area contributed by atoms with Gasteiger partial charge in [0.05, 0.1) is 0 Å². The minimum Gasteiger partial charge on any atom is -0.455 e. The summed E-state index contributed by atoms with van der Waals surface area (Å²) in [6, 6.07) is 65.6. The van der Waals surface area contributed by atoms with Crippen molar-refractivity contribution in [3.05, 3.63) is 188 Å². The predicted octanol–water partition coefficient (Wildman–Crippen LogP) is 13.6. The predicted molar refractivity (Wildman–Crippen MR) is 227 cm³/mol. The minimum atomic E-state index is 0.615. The maximum absolute atomic E-state index is 6.69. The van der Waals surface area contributed by atoms with Crippen molar-refractivity contribution < 1.29 is 4.42 Å². The average molecular weight is 702 g/mol. The van der Waals surface area contributed by atoms with Crippen LogP contribution in [-0.2, 0) is 0 Å². The second-order valence-electron chi connectivity index (χ2n) is 13.9. The molecule has 0 spiro atoms. The first-order chi connectivity index (χ1) is 27.3. The number of aromatic nitrogens is 3. The van der Waals surface area contributed by atoms with Gasteiger partial charge in [0.15, 0.2) is 17.5 Å². The number of para-hydroxylation sites is 1. The molecule has 2 heterocycles. The van der Waals surface area contributed by atoms with Gasteiger partial charge in [-0.15, -0.1) is 0 Å². The van der Waals surface area contributed by atoms with Crippen molar-refractivity contribution in [1.29, 1.82) is 0 Å².